The molecule has 11 aromatic rings. The van der Waals surface area contributed by atoms with Gasteiger partial charge < -0.3 is 9.31 Å². The fourth-order valence-electron chi connectivity index (χ4n) is 9.27. The minimum Gasteiger partial charge on any atom is -0.399 e. The van der Waals surface area contributed by atoms with Crippen LogP contribution in [0.15, 0.2) is 152 Å². The minimum atomic E-state index is -0.490. The Balaban J connectivity index is 1.10. The summed E-state index contributed by atoms with van der Waals surface area (Å²) in [6, 6.07) is 56.4. The van der Waals surface area contributed by atoms with E-state index >= 15 is 0 Å². The van der Waals surface area contributed by atoms with Crippen LogP contribution in [0, 0.1) is 0 Å². The molecule has 0 amide bonds. The lowest BCUT2D eigenvalue weighted by Crippen LogP contribution is -2.41. The van der Waals surface area contributed by atoms with Gasteiger partial charge in [0.1, 0.15) is 0 Å². The van der Waals surface area contributed by atoms with Gasteiger partial charge >= 0.3 is 7.12 Å². The molecule has 12 rings (SSSR count). The molecule has 5 heteroatoms. The number of hydrogen-bond acceptors (Lipinski definition) is 4. The van der Waals surface area contributed by atoms with Crippen molar-refractivity contribution in [2.45, 2.75) is 38.9 Å². The first-order valence-electron chi connectivity index (χ1n) is 19.8. The monoisotopic (exact) mass is 768 g/mol. The van der Waals surface area contributed by atoms with E-state index in [2.05, 4.69) is 179 Å². The van der Waals surface area contributed by atoms with Gasteiger partial charge in [-0.1, -0.05) is 121 Å². The van der Waals surface area contributed by atoms with E-state index in [9.17, 15) is 0 Å². The summed E-state index contributed by atoms with van der Waals surface area (Å²) in [7, 11) is -0.490. The lowest BCUT2D eigenvalue weighted by atomic mass is 9.76. The quantitative estimate of drug-likeness (QED) is 0.132. The predicted molar refractivity (Wildman–Crippen MR) is 249 cm³/mol. The van der Waals surface area contributed by atoms with Crippen LogP contribution < -0.4 is 5.46 Å². The topological polar surface area (TPSA) is 18.5 Å². The molecule has 0 aliphatic carbocycles. The molecule has 0 bridgehead atoms. The molecule has 1 fully saturated rings. The third kappa shape index (κ3) is 4.90. The van der Waals surface area contributed by atoms with Crippen LogP contribution in [0.2, 0.25) is 0 Å². The summed E-state index contributed by atoms with van der Waals surface area (Å²) in [4.78, 5) is 0. The summed E-state index contributed by atoms with van der Waals surface area (Å²) in [5, 5.41) is 15.7. The van der Waals surface area contributed by atoms with E-state index in [1.807, 2.05) is 22.7 Å². The third-order valence-electron chi connectivity index (χ3n) is 12.8. The Bertz CT molecular complexity index is 3270. The lowest BCUT2D eigenvalue weighted by molar-refractivity contribution is 0.00578. The van der Waals surface area contributed by atoms with E-state index in [0.717, 1.165) is 16.6 Å². The van der Waals surface area contributed by atoms with Crippen LogP contribution in [0.3, 0.4) is 0 Å². The zero-order valence-electron chi connectivity index (χ0n) is 32.1. The summed E-state index contributed by atoms with van der Waals surface area (Å²) in [6.45, 7) is 8.52. The molecule has 0 saturated carbocycles. The summed E-state index contributed by atoms with van der Waals surface area (Å²) in [5.41, 5.74) is 4.77. The molecule has 2 nitrogen and oxygen atoms in total. The molecule has 0 N–H and O–H groups in total. The molecular weight excluding hydrogens is 732 g/mol. The fraction of sp³-hybridized carbons (Fsp3) is 0.115. The van der Waals surface area contributed by atoms with Crippen molar-refractivity contribution in [1.82, 2.24) is 0 Å². The number of thiophene rings is 2. The van der Waals surface area contributed by atoms with Crippen LogP contribution >= 0.6 is 22.7 Å². The second-order valence-corrected chi connectivity index (χ2v) is 18.8. The van der Waals surface area contributed by atoms with Crippen molar-refractivity contribution in [3.63, 3.8) is 0 Å². The van der Waals surface area contributed by atoms with Gasteiger partial charge in [0.15, 0.2) is 0 Å². The van der Waals surface area contributed by atoms with E-state index in [-0.39, 0.29) is 0 Å². The molecule has 57 heavy (non-hydrogen) atoms. The van der Waals surface area contributed by atoms with Gasteiger partial charge in [0, 0.05) is 51.1 Å². The maximum atomic E-state index is 6.72. The lowest BCUT2D eigenvalue weighted by Gasteiger charge is -2.32. The van der Waals surface area contributed by atoms with Crippen molar-refractivity contribution in [1.29, 1.82) is 0 Å². The van der Waals surface area contributed by atoms with Crippen LogP contribution in [0.5, 0.6) is 0 Å². The van der Waals surface area contributed by atoms with E-state index in [4.69, 9.17) is 9.31 Å². The van der Waals surface area contributed by atoms with E-state index in [1.54, 1.807) is 0 Å². The number of rotatable bonds is 3. The van der Waals surface area contributed by atoms with Gasteiger partial charge in [-0.15, -0.1) is 22.7 Å². The molecule has 0 atom stereocenters. The van der Waals surface area contributed by atoms with Gasteiger partial charge in [0.25, 0.3) is 0 Å². The molecule has 272 valence electrons. The van der Waals surface area contributed by atoms with Crippen molar-refractivity contribution >= 4 is 119 Å². The first-order chi connectivity index (χ1) is 27.7. The third-order valence-corrected chi connectivity index (χ3v) is 15.2. The van der Waals surface area contributed by atoms with Crippen LogP contribution in [0.4, 0.5) is 0 Å². The zero-order valence-corrected chi connectivity index (χ0v) is 33.8. The normalized spacial score (nSPS) is 15.5. The molecule has 0 radical (unpaired) electrons. The Labute approximate surface area is 339 Å². The molecule has 1 aliphatic rings. The Morgan fingerprint density at radius 3 is 1.16 bits per heavy atom. The number of benzene rings is 9. The van der Waals surface area contributed by atoms with Gasteiger partial charge in [-0.25, -0.2) is 0 Å². The van der Waals surface area contributed by atoms with Crippen LogP contribution in [-0.2, 0) is 9.31 Å². The molecule has 0 spiro atoms. The van der Waals surface area contributed by atoms with Gasteiger partial charge in [0.05, 0.1) is 11.2 Å². The number of hydrogen-bond donors (Lipinski definition) is 0. The molecular formula is C52H37BO2S2. The molecule has 1 aliphatic heterocycles. The highest BCUT2D eigenvalue weighted by Gasteiger charge is 2.51. The van der Waals surface area contributed by atoms with Crippen LogP contribution in [0.25, 0.3) is 106 Å². The molecule has 9 aromatic carbocycles. The Morgan fingerprint density at radius 1 is 0.368 bits per heavy atom. The molecule has 0 unspecified atom stereocenters. The van der Waals surface area contributed by atoms with Crippen molar-refractivity contribution in [3.8, 4) is 22.3 Å². The van der Waals surface area contributed by atoms with Crippen LogP contribution in [0.1, 0.15) is 27.7 Å². The average Bonchev–Trinajstić information content (AvgIpc) is 3.89. The van der Waals surface area contributed by atoms with E-state index in [1.165, 1.54) is 94.6 Å². The average molecular weight is 769 g/mol. The smallest absolute Gasteiger partial charge is 0.399 e. The predicted octanol–water partition coefficient (Wildman–Crippen LogP) is 14.7. The highest BCUT2D eigenvalue weighted by molar-refractivity contribution is 7.27. The van der Waals surface area contributed by atoms with E-state index < -0.39 is 18.3 Å². The fourth-order valence-corrected chi connectivity index (χ4v) is 11.7. The highest BCUT2D eigenvalue weighted by atomic mass is 32.1. The van der Waals surface area contributed by atoms with Crippen molar-refractivity contribution in [2.75, 3.05) is 0 Å². The van der Waals surface area contributed by atoms with Gasteiger partial charge in [0.2, 0.25) is 0 Å². The first kappa shape index (κ1) is 33.6. The minimum absolute atomic E-state index is 0.454. The zero-order chi connectivity index (χ0) is 38.2. The van der Waals surface area contributed by atoms with Gasteiger partial charge in [-0.05, 0) is 118 Å². The molecule has 2 aromatic heterocycles. The Hall–Kier alpha value is -5.56. The van der Waals surface area contributed by atoms with E-state index in [0.29, 0.717) is 0 Å². The first-order valence-corrected chi connectivity index (χ1v) is 21.4. The van der Waals surface area contributed by atoms with Gasteiger partial charge in [-0.3, -0.25) is 0 Å². The summed E-state index contributed by atoms with van der Waals surface area (Å²) < 4.78 is 18.7. The Kier molecular flexibility index (Phi) is 7.06. The maximum Gasteiger partial charge on any atom is 0.494 e. The SMILES string of the molecule is CC1(C)OB(c2cc(-c3ccc4sc5c6ccccc6c6ccccc6c5c4c3)cc(-c3ccc4sc5c6ccccc6c6ccccc6c5c4c3)c2)OC1(C)C. The second kappa shape index (κ2) is 12.0. The summed E-state index contributed by atoms with van der Waals surface area (Å²) >= 11 is 3.80. The summed E-state index contributed by atoms with van der Waals surface area (Å²) in [6.07, 6.45) is 0. The van der Waals surface area contributed by atoms with Gasteiger partial charge in [-0.2, -0.15) is 0 Å². The van der Waals surface area contributed by atoms with Crippen molar-refractivity contribution in [3.05, 3.63) is 152 Å². The largest absolute Gasteiger partial charge is 0.494 e. The number of fused-ring (bicyclic) bond motifs is 16. The Morgan fingerprint density at radius 2 is 0.737 bits per heavy atom. The van der Waals surface area contributed by atoms with Crippen molar-refractivity contribution < 1.29 is 9.31 Å². The van der Waals surface area contributed by atoms with Crippen LogP contribution in [-0.4, -0.2) is 18.3 Å². The highest BCUT2D eigenvalue weighted by Crippen LogP contribution is 2.47. The molecule has 1 saturated heterocycles. The summed E-state index contributed by atoms with van der Waals surface area (Å²) in [5.74, 6) is 0. The maximum absolute atomic E-state index is 6.72. The second-order valence-electron chi connectivity index (χ2n) is 16.6. The van der Waals surface area contributed by atoms with Crippen molar-refractivity contribution in [2.24, 2.45) is 0 Å². The molecule has 3 heterocycles. The standard InChI is InChI=1S/C52H37BO2S2/c1-51(2)52(3,4)55-53(54-51)34-26-32(30-21-23-45-43(28-30)47-39-17-9-5-13-35(39)37-15-7-11-19-41(37)49(47)56-45)25-33(27-34)31-22-24-46-44(29-31)48-40-18-10-6-14-36(40)38-16-8-12-20-42(38)50(48)57-46/h5-29H,1-4H3.